The van der Waals surface area contributed by atoms with E-state index in [2.05, 4.69) is 5.10 Å². The Morgan fingerprint density at radius 1 is 1.40 bits per heavy atom. The third-order valence-electron chi connectivity index (χ3n) is 3.27. The lowest BCUT2D eigenvalue weighted by Crippen LogP contribution is -2.15. The number of aromatic nitrogens is 2. The second-order valence-electron chi connectivity index (χ2n) is 4.64. The van der Waals surface area contributed by atoms with E-state index in [9.17, 15) is 4.79 Å². The van der Waals surface area contributed by atoms with Crippen LogP contribution in [0, 0.1) is 0 Å². The van der Waals surface area contributed by atoms with Crippen LogP contribution >= 0.6 is 11.6 Å². The molecule has 0 amide bonds. The number of nitrogens with zero attached hydrogens (tertiary/aromatic N) is 2. The summed E-state index contributed by atoms with van der Waals surface area (Å²) in [5.41, 5.74) is 7.62. The lowest BCUT2D eigenvalue weighted by Gasteiger charge is -2.11. The summed E-state index contributed by atoms with van der Waals surface area (Å²) in [5.74, 6) is -0.0132. The normalized spacial score (nSPS) is 12.3. The molecule has 0 spiro atoms. The first-order valence-electron chi connectivity index (χ1n) is 6.68. The number of carbonyl (C=O) groups excluding carboxylic acids is 1. The Hall–Kier alpha value is -1.65. The molecule has 0 aliphatic rings. The molecule has 0 aliphatic heterocycles. The number of ketones is 1. The van der Waals surface area contributed by atoms with Crippen LogP contribution in [0.4, 0.5) is 0 Å². The van der Waals surface area contributed by atoms with Gasteiger partial charge in [-0.15, -0.1) is 0 Å². The molecule has 2 aromatic rings. The lowest BCUT2D eigenvalue weighted by atomic mass is 10.0. The molecule has 2 rings (SSSR count). The quantitative estimate of drug-likeness (QED) is 0.831. The van der Waals surface area contributed by atoms with Crippen LogP contribution in [0.25, 0.3) is 0 Å². The van der Waals surface area contributed by atoms with Crippen LogP contribution in [0.15, 0.2) is 36.5 Å². The van der Waals surface area contributed by atoms with Gasteiger partial charge >= 0.3 is 0 Å². The van der Waals surface area contributed by atoms with Gasteiger partial charge in [-0.25, -0.2) is 0 Å². The average Bonchev–Trinajstić information content (AvgIpc) is 2.86. The molecule has 4 nitrogen and oxygen atoms in total. The highest BCUT2D eigenvalue weighted by atomic mass is 35.5. The number of rotatable bonds is 6. The number of benzene rings is 1. The molecular formula is C15H18ClN3O. The van der Waals surface area contributed by atoms with Crippen molar-refractivity contribution in [2.45, 2.75) is 32.4 Å². The molecule has 1 aromatic carbocycles. The van der Waals surface area contributed by atoms with E-state index in [-0.39, 0.29) is 11.8 Å². The van der Waals surface area contributed by atoms with Crippen molar-refractivity contribution in [3.05, 3.63) is 52.8 Å². The fourth-order valence-corrected chi connectivity index (χ4v) is 2.40. The van der Waals surface area contributed by atoms with E-state index >= 15 is 0 Å². The van der Waals surface area contributed by atoms with Crippen LogP contribution in [-0.2, 0) is 6.54 Å². The van der Waals surface area contributed by atoms with E-state index < -0.39 is 0 Å². The molecule has 0 aliphatic carbocycles. The van der Waals surface area contributed by atoms with Gasteiger partial charge in [0.15, 0.2) is 5.78 Å². The third-order valence-corrected chi connectivity index (χ3v) is 3.55. The molecule has 1 unspecified atom stereocenters. The molecule has 1 atom stereocenters. The fourth-order valence-electron chi connectivity index (χ4n) is 2.15. The zero-order chi connectivity index (χ0) is 14.5. The molecule has 0 fully saturated rings. The molecule has 5 heteroatoms. The average molecular weight is 292 g/mol. The Morgan fingerprint density at radius 3 is 2.75 bits per heavy atom. The molecule has 0 bridgehead atoms. The van der Waals surface area contributed by atoms with Crippen molar-refractivity contribution >= 4 is 17.4 Å². The van der Waals surface area contributed by atoms with Gasteiger partial charge in [-0.1, -0.05) is 41.9 Å². The van der Waals surface area contributed by atoms with Crippen molar-refractivity contribution in [3.63, 3.8) is 0 Å². The third kappa shape index (κ3) is 3.26. The van der Waals surface area contributed by atoms with Gasteiger partial charge in [-0.05, 0) is 18.9 Å². The summed E-state index contributed by atoms with van der Waals surface area (Å²) in [5, 5.41) is 4.48. The number of aryl methyl sites for hydroxylation is 1. The van der Waals surface area contributed by atoms with E-state index in [1.54, 1.807) is 4.68 Å². The topological polar surface area (TPSA) is 60.9 Å². The van der Waals surface area contributed by atoms with Crippen molar-refractivity contribution in [1.29, 1.82) is 0 Å². The van der Waals surface area contributed by atoms with E-state index in [0.717, 1.165) is 5.56 Å². The minimum atomic E-state index is -0.142. The first kappa shape index (κ1) is 14.8. The molecular weight excluding hydrogens is 274 g/mol. The van der Waals surface area contributed by atoms with E-state index in [1.165, 1.54) is 6.20 Å². The molecule has 2 N–H and O–H groups in total. The summed E-state index contributed by atoms with van der Waals surface area (Å²) in [4.78, 5) is 12.2. The Labute approximate surface area is 123 Å². The highest BCUT2D eigenvalue weighted by Crippen LogP contribution is 2.21. The molecule has 1 aromatic heterocycles. The zero-order valence-electron chi connectivity index (χ0n) is 11.4. The van der Waals surface area contributed by atoms with Crippen molar-refractivity contribution < 1.29 is 4.79 Å². The summed E-state index contributed by atoms with van der Waals surface area (Å²) in [6.45, 7) is 2.55. The Morgan fingerprint density at radius 2 is 2.10 bits per heavy atom. The molecule has 1 heterocycles. The largest absolute Gasteiger partial charge is 0.324 e. The van der Waals surface area contributed by atoms with Gasteiger partial charge in [0.1, 0.15) is 5.69 Å². The molecule has 0 saturated carbocycles. The van der Waals surface area contributed by atoms with Crippen molar-refractivity contribution in [2.24, 2.45) is 5.73 Å². The van der Waals surface area contributed by atoms with E-state index in [0.29, 0.717) is 30.1 Å². The minimum absolute atomic E-state index is 0.0132. The Kier molecular flexibility index (Phi) is 4.93. The monoisotopic (exact) mass is 291 g/mol. The van der Waals surface area contributed by atoms with Crippen molar-refractivity contribution in [3.8, 4) is 0 Å². The van der Waals surface area contributed by atoms with Crippen molar-refractivity contribution in [1.82, 2.24) is 9.78 Å². The molecule has 106 valence electrons. The molecule has 20 heavy (non-hydrogen) atoms. The van der Waals surface area contributed by atoms with Gasteiger partial charge in [0, 0.05) is 19.0 Å². The Bertz CT molecular complexity index is 580. The minimum Gasteiger partial charge on any atom is -0.324 e. The van der Waals surface area contributed by atoms with Gasteiger partial charge in [-0.3, -0.25) is 9.48 Å². The van der Waals surface area contributed by atoms with Crippen LogP contribution in [0.5, 0.6) is 0 Å². The number of carbonyl (C=O) groups is 1. The SMILES string of the molecule is CCn1ncc(Cl)c1C(=O)CCC(N)c1ccccc1. The zero-order valence-corrected chi connectivity index (χ0v) is 12.2. The van der Waals surface area contributed by atoms with Crippen molar-refractivity contribution in [2.75, 3.05) is 0 Å². The van der Waals surface area contributed by atoms with Crippen LogP contribution in [0.3, 0.4) is 0 Å². The summed E-state index contributed by atoms with van der Waals surface area (Å²) in [6, 6.07) is 9.63. The van der Waals surface area contributed by atoms with Crippen LogP contribution in [0.2, 0.25) is 5.02 Å². The smallest absolute Gasteiger partial charge is 0.182 e. The summed E-state index contributed by atoms with van der Waals surface area (Å²) >= 11 is 6.02. The van der Waals surface area contributed by atoms with Crippen LogP contribution in [-0.4, -0.2) is 15.6 Å². The van der Waals surface area contributed by atoms with Gasteiger partial charge < -0.3 is 5.73 Å². The maximum absolute atomic E-state index is 12.2. The summed E-state index contributed by atoms with van der Waals surface area (Å²) < 4.78 is 1.62. The van der Waals surface area contributed by atoms with E-state index in [4.69, 9.17) is 17.3 Å². The first-order valence-corrected chi connectivity index (χ1v) is 7.06. The number of halogens is 1. The van der Waals surface area contributed by atoms with Crippen LogP contribution in [0.1, 0.15) is 41.9 Å². The highest BCUT2D eigenvalue weighted by molar-refractivity contribution is 6.33. The van der Waals surface area contributed by atoms with E-state index in [1.807, 2.05) is 37.3 Å². The molecule has 0 saturated heterocycles. The number of hydrogen-bond acceptors (Lipinski definition) is 3. The number of nitrogens with two attached hydrogens (primary N) is 1. The van der Waals surface area contributed by atoms with Gasteiger partial charge in [0.25, 0.3) is 0 Å². The summed E-state index contributed by atoms with van der Waals surface area (Å²) in [7, 11) is 0. The predicted octanol–water partition coefficient (Wildman–Crippen LogP) is 3.22. The molecule has 0 radical (unpaired) electrons. The standard InChI is InChI=1S/C15H18ClN3O/c1-2-19-15(12(16)10-18-19)14(20)9-8-13(17)11-6-4-3-5-7-11/h3-7,10,13H,2,8-9,17H2,1H3. The maximum Gasteiger partial charge on any atom is 0.182 e. The maximum atomic E-state index is 12.2. The number of hydrogen-bond donors (Lipinski definition) is 1. The van der Waals surface area contributed by atoms with Gasteiger partial charge in [0.05, 0.1) is 11.2 Å². The highest BCUT2D eigenvalue weighted by Gasteiger charge is 2.17. The lowest BCUT2D eigenvalue weighted by molar-refractivity contribution is 0.0967. The van der Waals surface area contributed by atoms with Gasteiger partial charge in [-0.2, -0.15) is 5.10 Å². The fraction of sp³-hybridized carbons (Fsp3) is 0.333. The number of Topliss-reactive ketones (excluding diaryl/α,β-unsaturated/α-hetero) is 1. The predicted molar refractivity (Wildman–Crippen MR) is 79.8 cm³/mol. The Balaban J connectivity index is 2.00. The first-order chi connectivity index (χ1) is 9.63. The van der Waals surface area contributed by atoms with Crippen LogP contribution < -0.4 is 5.73 Å². The van der Waals surface area contributed by atoms with Gasteiger partial charge in [0.2, 0.25) is 0 Å². The second-order valence-corrected chi connectivity index (χ2v) is 5.04. The summed E-state index contributed by atoms with van der Waals surface area (Å²) in [6.07, 6.45) is 2.46. The second kappa shape index (κ2) is 6.68.